The molecule has 0 fully saturated rings. The number of aromatic nitrogens is 3. The third kappa shape index (κ3) is 2.51. The highest BCUT2D eigenvalue weighted by Gasteiger charge is 2.04. The zero-order valence-corrected chi connectivity index (χ0v) is 12.2. The fraction of sp³-hybridized carbons (Fsp3) is 0.182. The summed E-state index contributed by atoms with van der Waals surface area (Å²) in [7, 11) is 3.07. The molecule has 2 aromatic heterocycles. The van der Waals surface area contributed by atoms with Crippen molar-refractivity contribution < 1.29 is 0 Å². The van der Waals surface area contributed by atoms with Crippen LogP contribution in [-0.4, -0.2) is 14.1 Å². The molecule has 0 aliphatic rings. The summed E-state index contributed by atoms with van der Waals surface area (Å²) in [5, 5.41) is 0.790. The predicted octanol–water partition coefficient (Wildman–Crippen LogP) is 1.47. The van der Waals surface area contributed by atoms with Crippen molar-refractivity contribution in [1.82, 2.24) is 14.1 Å². The van der Waals surface area contributed by atoms with Crippen molar-refractivity contribution in [2.45, 2.75) is 0 Å². The number of aryl methyl sites for hydroxylation is 1. The number of halogens is 1. The molecule has 5 nitrogen and oxygen atoms in total. The topological polar surface area (TPSA) is 56.9 Å². The lowest BCUT2D eigenvalue weighted by Gasteiger charge is -2.02. The lowest BCUT2D eigenvalue weighted by atomic mass is 10.3. The van der Waals surface area contributed by atoms with Gasteiger partial charge in [-0.1, -0.05) is 0 Å². The summed E-state index contributed by atoms with van der Waals surface area (Å²) < 4.78 is 3.38. The summed E-state index contributed by atoms with van der Waals surface area (Å²) in [5.41, 5.74) is -0.204. The molecule has 0 amide bonds. The van der Waals surface area contributed by atoms with Crippen LogP contribution in [0.1, 0.15) is 10.6 Å². The summed E-state index contributed by atoms with van der Waals surface area (Å²) in [6, 6.07) is 0. The molecule has 0 radical (unpaired) electrons. The van der Waals surface area contributed by atoms with E-state index in [1.165, 1.54) is 29.1 Å². The average Bonchev–Trinajstić information content (AvgIpc) is 2.75. The molecule has 0 aliphatic carbocycles. The molecular formula is C11H10BrN3O2S. The van der Waals surface area contributed by atoms with Crippen LogP contribution in [0.2, 0.25) is 0 Å². The van der Waals surface area contributed by atoms with E-state index >= 15 is 0 Å². The lowest BCUT2D eigenvalue weighted by molar-refractivity contribution is 0.683. The Morgan fingerprint density at radius 2 is 2.06 bits per heavy atom. The van der Waals surface area contributed by atoms with Gasteiger partial charge in [-0.25, -0.2) is 9.78 Å². The van der Waals surface area contributed by atoms with Gasteiger partial charge in [0, 0.05) is 20.3 Å². The van der Waals surface area contributed by atoms with E-state index in [1.54, 1.807) is 25.4 Å². The van der Waals surface area contributed by atoms with E-state index in [0.717, 1.165) is 13.4 Å². The lowest BCUT2D eigenvalue weighted by Crippen LogP contribution is -2.37. The first-order chi connectivity index (χ1) is 8.49. The minimum Gasteiger partial charge on any atom is -0.303 e. The van der Waals surface area contributed by atoms with Gasteiger partial charge < -0.3 is 4.57 Å². The first kappa shape index (κ1) is 13.0. The van der Waals surface area contributed by atoms with E-state index in [4.69, 9.17) is 0 Å². The van der Waals surface area contributed by atoms with Gasteiger partial charge in [0.05, 0.1) is 15.5 Å². The minimum absolute atomic E-state index is 0.315. The van der Waals surface area contributed by atoms with Crippen LogP contribution in [0.15, 0.2) is 25.8 Å². The highest BCUT2D eigenvalue weighted by Crippen LogP contribution is 2.20. The Bertz CT molecular complexity index is 727. The van der Waals surface area contributed by atoms with Crippen molar-refractivity contribution >= 4 is 39.4 Å². The van der Waals surface area contributed by atoms with Gasteiger partial charge >= 0.3 is 5.69 Å². The van der Waals surface area contributed by atoms with Crippen LogP contribution < -0.4 is 11.2 Å². The van der Waals surface area contributed by atoms with E-state index in [1.807, 2.05) is 0 Å². The third-order valence-corrected chi connectivity index (χ3v) is 3.82. The molecule has 0 aromatic carbocycles. The van der Waals surface area contributed by atoms with Gasteiger partial charge in [0.2, 0.25) is 0 Å². The SMILES string of the molecule is Cn1cc(/C=C/c2ncc(Br)s2)c(=O)n(C)c1=O. The van der Waals surface area contributed by atoms with Crippen LogP contribution in [0.3, 0.4) is 0 Å². The maximum atomic E-state index is 11.8. The van der Waals surface area contributed by atoms with Crippen molar-refractivity contribution in [1.29, 1.82) is 0 Å². The van der Waals surface area contributed by atoms with Gasteiger partial charge in [0.25, 0.3) is 5.56 Å². The molecule has 0 saturated carbocycles. The van der Waals surface area contributed by atoms with Gasteiger partial charge in [0.1, 0.15) is 5.01 Å². The van der Waals surface area contributed by atoms with E-state index in [-0.39, 0.29) is 11.2 Å². The highest BCUT2D eigenvalue weighted by atomic mass is 79.9. The zero-order chi connectivity index (χ0) is 13.3. The van der Waals surface area contributed by atoms with Crippen LogP contribution in [0, 0.1) is 0 Å². The summed E-state index contributed by atoms with van der Waals surface area (Å²) in [6.45, 7) is 0. The molecule has 0 aliphatic heterocycles. The van der Waals surface area contributed by atoms with E-state index in [0.29, 0.717) is 5.56 Å². The second-order valence-electron chi connectivity index (χ2n) is 3.68. The van der Waals surface area contributed by atoms with E-state index in [9.17, 15) is 9.59 Å². The summed E-state index contributed by atoms with van der Waals surface area (Å²) in [4.78, 5) is 27.5. The number of thiazole rings is 1. The molecule has 7 heteroatoms. The smallest absolute Gasteiger partial charge is 0.303 e. The monoisotopic (exact) mass is 327 g/mol. The first-order valence-corrected chi connectivity index (χ1v) is 6.66. The van der Waals surface area contributed by atoms with Crippen LogP contribution >= 0.6 is 27.3 Å². The maximum Gasteiger partial charge on any atom is 0.330 e. The molecule has 0 N–H and O–H groups in total. The van der Waals surface area contributed by atoms with Crippen molar-refractivity contribution in [2.24, 2.45) is 14.1 Å². The predicted molar refractivity (Wildman–Crippen MR) is 75.7 cm³/mol. The Kier molecular flexibility index (Phi) is 3.63. The average molecular weight is 328 g/mol. The van der Waals surface area contributed by atoms with Gasteiger partial charge in [-0.2, -0.15) is 0 Å². The Morgan fingerprint density at radius 3 is 2.67 bits per heavy atom. The normalized spacial score (nSPS) is 11.3. The molecule has 2 aromatic rings. The highest BCUT2D eigenvalue weighted by molar-refractivity contribution is 9.11. The second-order valence-corrected chi connectivity index (χ2v) is 6.12. The standard InChI is InChI=1S/C11H10BrN3O2S/c1-14-6-7(10(16)15(2)11(14)17)3-4-9-13-5-8(12)18-9/h3-6H,1-2H3/b4-3+. The molecule has 0 spiro atoms. The minimum atomic E-state index is -0.339. The first-order valence-electron chi connectivity index (χ1n) is 5.05. The van der Waals surface area contributed by atoms with Crippen LogP contribution in [0.5, 0.6) is 0 Å². The van der Waals surface area contributed by atoms with Crippen molar-refractivity contribution in [3.63, 3.8) is 0 Å². The molecular weight excluding hydrogens is 318 g/mol. The maximum absolute atomic E-state index is 11.8. The van der Waals surface area contributed by atoms with Gasteiger partial charge in [-0.05, 0) is 28.1 Å². The van der Waals surface area contributed by atoms with Gasteiger partial charge in [-0.15, -0.1) is 11.3 Å². The fourth-order valence-electron chi connectivity index (χ4n) is 1.46. The van der Waals surface area contributed by atoms with Crippen LogP contribution in [-0.2, 0) is 14.1 Å². The summed E-state index contributed by atoms with van der Waals surface area (Å²) in [6.07, 6.45) is 6.62. The molecule has 18 heavy (non-hydrogen) atoms. The van der Waals surface area contributed by atoms with E-state index in [2.05, 4.69) is 20.9 Å². The summed E-state index contributed by atoms with van der Waals surface area (Å²) in [5.74, 6) is 0. The number of hydrogen-bond donors (Lipinski definition) is 0. The van der Waals surface area contributed by atoms with Crippen molar-refractivity contribution in [3.05, 3.63) is 47.6 Å². The zero-order valence-electron chi connectivity index (χ0n) is 9.75. The largest absolute Gasteiger partial charge is 0.330 e. The molecule has 0 saturated heterocycles. The van der Waals surface area contributed by atoms with E-state index < -0.39 is 0 Å². The van der Waals surface area contributed by atoms with Gasteiger partial charge in [-0.3, -0.25) is 9.36 Å². The molecule has 0 atom stereocenters. The quantitative estimate of drug-likeness (QED) is 0.839. The molecule has 2 heterocycles. The molecule has 94 valence electrons. The Labute approximate surface area is 115 Å². The second kappa shape index (κ2) is 5.03. The third-order valence-electron chi connectivity index (χ3n) is 2.37. The molecule has 0 bridgehead atoms. The fourth-order valence-corrected chi connectivity index (χ4v) is 2.60. The summed E-state index contributed by atoms with van der Waals surface area (Å²) >= 11 is 4.78. The Balaban J connectivity index is 2.44. The Hall–Kier alpha value is -1.47. The number of rotatable bonds is 2. The van der Waals surface area contributed by atoms with Crippen LogP contribution in [0.25, 0.3) is 12.2 Å². The Morgan fingerprint density at radius 1 is 1.33 bits per heavy atom. The molecule has 0 unspecified atom stereocenters. The number of nitrogens with zero attached hydrogens (tertiary/aromatic N) is 3. The van der Waals surface area contributed by atoms with Crippen LogP contribution in [0.4, 0.5) is 0 Å². The number of hydrogen-bond acceptors (Lipinski definition) is 4. The van der Waals surface area contributed by atoms with Crippen molar-refractivity contribution in [2.75, 3.05) is 0 Å². The van der Waals surface area contributed by atoms with Gasteiger partial charge in [0.15, 0.2) is 0 Å². The van der Waals surface area contributed by atoms with Crippen molar-refractivity contribution in [3.8, 4) is 0 Å². The molecule has 2 rings (SSSR count).